The van der Waals surface area contributed by atoms with E-state index in [0.717, 1.165) is 5.92 Å². The summed E-state index contributed by atoms with van der Waals surface area (Å²) >= 11 is 2.05. The molecule has 0 spiro atoms. The van der Waals surface area contributed by atoms with Gasteiger partial charge in [0.05, 0.1) is 0 Å². The summed E-state index contributed by atoms with van der Waals surface area (Å²) < 4.78 is 0. The molecule has 2 unspecified atom stereocenters. The molecule has 1 saturated carbocycles. The molecule has 2 fully saturated rings. The molecule has 17 heavy (non-hydrogen) atoms. The van der Waals surface area contributed by atoms with Gasteiger partial charge < -0.3 is 5.73 Å². The Kier molecular flexibility index (Phi) is 3.44. The molecule has 1 aromatic rings. The van der Waals surface area contributed by atoms with Gasteiger partial charge in [-0.3, -0.25) is 0 Å². The van der Waals surface area contributed by atoms with Crippen molar-refractivity contribution in [1.82, 2.24) is 0 Å². The topological polar surface area (TPSA) is 26.0 Å². The predicted molar refractivity (Wildman–Crippen MR) is 75.4 cm³/mol. The lowest BCUT2D eigenvalue weighted by Gasteiger charge is -2.26. The van der Waals surface area contributed by atoms with Gasteiger partial charge in [-0.05, 0) is 53.7 Å². The molecular formula is C15H21NS. The molecule has 1 nitrogen and oxygen atoms in total. The van der Waals surface area contributed by atoms with Gasteiger partial charge in [-0.25, -0.2) is 0 Å². The second-order valence-corrected chi connectivity index (χ2v) is 6.59. The van der Waals surface area contributed by atoms with Crippen molar-refractivity contribution in [2.45, 2.75) is 37.6 Å². The highest BCUT2D eigenvalue weighted by atomic mass is 32.2. The lowest BCUT2D eigenvalue weighted by Crippen LogP contribution is -2.21. The van der Waals surface area contributed by atoms with Gasteiger partial charge in [-0.2, -0.15) is 11.8 Å². The summed E-state index contributed by atoms with van der Waals surface area (Å²) in [5.41, 5.74) is 9.21. The first kappa shape index (κ1) is 11.6. The monoisotopic (exact) mass is 247 g/mol. The summed E-state index contributed by atoms with van der Waals surface area (Å²) in [7, 11) is 0. The van der Waals surface area contributed by atoms with E-state index in [2.05, 4.69) is 24.3 Å². The van der Waals surface area contributed by atoms with Gasteiger partial charge in [-0.15, -0.1) is 0 Å². The Bertz CT molecular complexity index is 363. The molecule has 1 aromatic carbocycles. The summed E-state index contributed by atoms with van der Waals surface area (Å²) in [5.74, 6) is 4.06. The number of benzene rings is 1. The molecule has 2 atom stereocenters. The molecule has 2 aliphatic rings. The standard InChI is InChI=1S/C15H21NS/c16-15(14-8-9-17-10-14)13-6-4-12(5-7-13)11-2-1-3-11/h4-7,11,14-15H,1-3,8-10,16H2. The Morgan fingerprint density at radius 1 is 1.12 bits per heavy atom. The summed E-state index contributed by atoms with van der Waals surface area (Å²) in [6, 6.07) is 9.39. The van der Waals surface area contributed by atoms with Crippen LogP contribution in [0.25, 0.3) is 0 Å². The van der Waals surface area contributed by atoms with Crippen molar-refractivity contribution in [3.63, 3.8) is 0 Å². The minimum Gasteiger partial charge on any atom is -0.324 e. The highest BCUT2D eigenvalue weighted by molar-refractivity contribution is 7.99. The molecule has 1 aliphatic heterocycles. The van der Waals surface area contributed by atoms with Crippen molar-refractivity contribution in [3.05, 3.63) is 35.4 Å². The highest BCUT2D eigenvalue weighted by Crippen LogP contribution is 2.37. The number of rotatable bonds is 3. The maximum atomic E-state index is 6.36. The molecule has 1 saturated heterocycles. The molecular weight excluding hydrogens is 226 g/mol. The second-order valence-electron chi connectivity index (χ2n) is 5.44. The molecule has 1 aliphatic carbocycles. The van der Waals surface area contributed by atoms with Gasteiger partial charge in [0.25, 0.3) is 0 Å². The summed E-state index contributed by atoms with van der Waals surface area (Å²) in [5, 5.41) is 0. The predicted octanol–water partition coefficient (Wildman–Crippen LogP) is 3.71. The van der Waals surface area contributed by atoms with E-state index in [0.29, 0.717) is 5.92 Å². The molecule has 2 N–H and O–H groups in total. The molecule has 92 valence electrons. The first-order valence-electron chi connectivity index (χ1n) is 6.78. The van der Waals surface area contributed by atoms with Gasteiger partial charge in [0.2, 0.25) is 0 Å². The van der Waals surface area contributed by atoms with Crippen LogP contribution in [0, 0.1) is 5.92 Å². The van der Waals surface area contributed by atoms with E-state index >= 15 is 0 Å². The van der Waals surface area contributed by atoms with Crippen molar-refractivity contribution in [1.29, 1.82) is 0 Å². The normalized spacial score (nSPS) is 26.8. The van der Waals surface area contributed by atoms with Gasteiger partial charge >= 0.3 is 0 Å². The Morgan fingerprint density at radius 3 is 2.41 bits per heavy atom. The SMILES string of the molecule is NC(c1ccc(C2CCC2)cc1)C1CCSC1. The molecule has 0 amide bonds. The van der Waals surface area contributed by atoms with E-state index < -0.39 is 0 Å². The van der Waals surface area contributed by atoms with Gasteiger partial charge in [-0.1, -0.05) is 30.7 Å². The van der Waals surface area contributed by atoms with Crippen LogP contribution in [-0.4, -0.2) is 11.5 Å². The Labute approximate surface area is 108 Å². The van der Waals surface area contributed by atoms with E-state index in [1.165, 1.54) is 48.3 Å². The van der Waals surface area contributed by atoms with Crippen LogP contribution in [0.15, 0.2) is 24.3 Å². The Morgan fingerprint density at radius 2 is 1.88 bits per heavy atom. The summed E-state index contributed by atoms with van der Waals surface area (Å²) in [4.78, 5) is 0. The number of nitrogens with two attached hydrogens (primary N) is 1. The zero-order valence-corrected chi connectivity index (χ0v) is 11.1. The van der Waals surface area contributed by atoms with Crippen LogP contribution in [0.2, 0.25) is 0 Å². The van der Waals surface area contributed by atoms with Crippen LogP contribution in [0.5, 0.6) is 0 Å². The van der Waals surface area contributed by atoms with Crippen molar-refractivity contribution >= 4 is 11.8 Å². The first-order chi connectivity index (χ1) is 8.34. The van der Waals surface area contributed by atoms with Crippen LogP contribution in [0.3, 0.4) is 0 Å². The van der Waals surface area contributed by atoms with E-state index in [-0.39, 0.29) is 6.04 Å². The van der Waals surface area contributed by atoms with Crippen LogP contribution >= 0.6 is 11.8 Å². The number of hydrogen-bond acceptors (Lipinski definition) is 2. The first-order valence-corrected chi connectivity index (χ1v) is 7.93. The summed E-state index contributed by atoms with van der Waals surface area (Å²) in [6.45, 7) is 0. The molecule has 2 heteroatoms. The average molecular weight is 247 g/mol. The third-order valence-corrected chi connectivity index (χ3v) is 5.56. The molecule has 3 rings (SSSR count). The van der Waals surface area contributed by atoms with Crippen molar-refractivity contribution in [2.75, 3.05) is 11.5 Å². The third kappa shape index (κ3) is 2.38. The van der Waals surface area contributed by atoms with Crippen LogP contribution < -0.4 is 5.73 Å². The third-order valence-electron chi connectivity index (χ3n) is 4.37. The quantitative estimate of drug-likeness (QED) is 0.881. The fourth-order valence-corrected chi connectivity index (χ4v) is 4.15. The van der Waals surface area contributed by atoms with Crippen molar-refractivity contribution in [3.8, 4) is 0 Å². The second kappa shape index (κ2) is 5.03. The minimum atomic E-state index is 0.250. The molecule has 0 radical (unpaired) electrons. The van der Waals surface area contributed by atoms with Crippen molar-refractivity contribution in [2.24, 2.45) is 11.7 Å². The molecule has 1 heterocycles. The fraction of sp³-hybridized carbons (Fsp3) is 0.600. The Hall–Kier alpha value is -0.470. The van der Waals surface area contributed by atoms with Crippen molar-refractivity contribution < 1.29 is 0 Å². The lowest BCUT2D eigenvalue weighted by molar-refractivity contribution is 0.419. The van der Waals surface area contributed by atoms with E-state index in [4.69, 9.17) is 5.73 Å². The smallest absolute Gasteiger partial charge is 0.0331 e. The zero-order chi connectivity index (χ0) is 11.7. The number of thioether (sulfide) groups is 1. The maximum absolute atomic E-state index is 6.36. The Balaban J connectivity index is 1.69. The van der Waals surface area contributed by atoms with E-state index in [1.807, 2.05) is 11.8 Å². The van der Waals surface area contributed by atoms with E-state index in [9.17, 15) is 0 Å². The minimum absolute atomic E-state index is 0.250. The van der Waals surface area contributed by atoms with Gasteiger partial charge in [0.1, 0.15) is 0 Å². The number of hydrogen-bond donors (Lipinski definition) is 1. The van der Waals surface area contributed by atoms with E-state index in [1.54, 1.807) is 0 Å². The molecule has 0 bridgehead atoms. The maximum Gasteiger partial charge on any atom is 0.0331 e. The van der Waals surface area contributed by atoms with Gasteiger partial charge in [0.15, 0.2) is 0 Å². The molecule has 0 aromatic heterocycles. The fourth-order valence-electron chi connectivity index (χ4n) is 2.84. The highest BCUT2D eigenvalue weighted by Gasteiger charge is 2.24. The average Bonchev–Trinajstić information content (AvgIpc) is 2.80. The summed E-state index contributed by atoms with van der Waals surface area (Å²) in [6.07, 6.45) is 5.46. The van der Waals surface area contributed by atoms with Crippen LogP contribution in [-0.2, 0) is 0 Å². The zero-order valence-electron chi connectivity index (χ0n) is 10.3. The van der Waals surface area contributed by atoms with Crippen LogP contribution in [0.4, 0.5) is 0 Å². The van der Waals surface area contributed by atoms with Crippen LogP contribution in [0.1, 0.15) is 48.8 Å². The largest absolute Gasteiger partial charge is 0.324 e. The lowest BCUT2D eigenvalue weighted by atomic mass is 9.79. The van der Waals surface area contributed by atoms with Gasteiger partial charge in [0, 0.05) is 6.04 Å².